The first kappa shape index (κ1) is 18.6. The molecule has 0 radical (unpaired) electrons. The van der Waals surface area contributed by atoms with Gasteiger partial charge < -0.3 is 14.5 Å². The van der Waals surface area contributed by atoms with Crippen LogP contribution in [0.4, 0.5) is 0 Å². The van der Waals surface area contributed by atoms with Crippen molar-refractivity contribution < 1.29 is 4.55 Å². The summed E-state index contributed by atoms with van der Waals surface area (Å²) in [4.78, 5) is 8.18. The number of rotatable bonds is 5. The van der Waals surface area contributed by atoms with E-state index in [0.29, 0.717) is 0 Å². The Morgan fingerprint density at radius 1 is 1.11 bits per heavy atom. The van der Waals surface area contributed by atoms with Gasteiger partial charge in [0.1, 0.15) is 17.2 Å². The standard InChI is InChI=1S/C21H23N5OS/c1-14-20(15(2)26(3)24-14)25-28(27)19-9-7-16(8-10-19)17-5-4-6-18(13-17)21-22-11-12-23-21/h4-14,24-25H,1-3H3,(H,22,23). The third-order valence-electron chi connectivity index (χ3n) is 4.95. The minimum absolute atomic E-state index is 0.109. The zero-order chi connectivity index (χ0) is 19.7. The van der Waals surface area contributed by atoms with Crippen molar-refractivity contribution in [2.45, 2.75) is 24.8 Å². The van der Waals surface area contributed by atoms with Crippen molar-refractivity contribution in [1.82, 2.24) is 25.1 Å². The predicted molar refractivity (Wildman–Crippen MR) is 112 cm³/mol. The Morgan fingerprint density at radius 3 is 2.50 bits per heavy atom. The summed E-state index contributed by atoms with van der Waals surface area (Å²) in [6.07, 6.45) is 3.56. The number of imidazole rings is 1. The summed E-state index contributed by atoms with van der Waals surface area (Å²) in [5.74, 6) is 0.844. The van der Waals surface area contributed by atoms with E-state index < -0.39 is 11.4 Å². The average molecular weight is 394 g/mol. The Balaban J connectivity index is 1.52. The number of benzene rings is 2. The number of aromatic nitrogens is 2. The van der Waals surface area contributed by atoms with E-state index in [9.17, 15) is 4.55 Å². The van der Waals surface area contributed by atoms with Crippen LogP contribution in [0.5, 0.6) is 0 Å². The fourth-order valence-corrected chi connectivity index (χ4v) is 4.33. The molecule has 1 aromatic heterocycles. The molecule has 2 heterocycles. The molecule has 7 heteroatoms. The third kappa shape index (κ3) is 3.64. The first-order valence-corrected chi connectivity index (χ1v) is 10.3. The van der Waals surface area contributed by atoms with E-state index >= 15 is 0 Å². The molecular formula is C21H23N5OS. The topological polar surface area (TPSA) is 79.0 Å². The number of nitrogens with zero attached hydrogens (tertiary/aromatic N) is 2. The number of nitrogens with one attached hydrogen (secondary N) is 3. The normalized spacial score (nSPS) is 17.9. The molecule has 0 amide bonds. The third-order valence-corrected chi connectivity index (χ3v) is 6.06. The van der Waals surface area contributed by atoms with E-state index in [1.807, 2.05) is 68.5 Å². The van der Waals surface area contributed by atoms with Gasteiger partial charge in [0.2, 0.25) is 0 Å². The maximum Gasteiger partial charge on any atom is 0.179 e. The summed E-state index contributed by atoms with van der Waals surface area (Å²) in [7, 11) is 1.95. The van der Waals surface area contributed by atoms with Gasteiger partial charge in [0.05, 0.1) is 17.4 Å². The van der Waals surface area contributed by atoms with Gasteiger partial charge in [-0.1, -0.05) is 18.2 Å². The largest absolute Gasteiger partial charge is 0.588 e. The van der Waals surface area contributed by atoms with E-state index in [-0.39, 0.29) is 6.04 Å². The molecule has 0 spiro atoms. The molecule has 0 fully saturated rings. The van der Waals surface area contributed by atoms with Crippen molar-refractivity contribution in [3.63, 3.8) is 0 Å². The number of hydrogen-bond donors (Lipinski definition) is 3. The highest BCUT2D eigenvalue weighted by Crippen LogP contribution is 2.26. The van der Waals surface area contributed by atoms with Gasteiger partial charge in [-0.2, -0.15) is 0 Å². The molecule has 3 N–H and O–H groups in total. The van der Waals surface area contributed by atoms with Crippen LogP contribution in [0.2, 0.25) is 0 Å². The first-order valence-electron chi connectivity index (χ1n) is 9.12. The molecule has 2 unspecified atom stereocenters. The molecule has 28 heavy (non-hydrogen) atoms. The summed E-state index contributed by atoms with van der Waals surface area (Å²) >= 11 is -1.31. The van der Waals surface area contributed by atoms with E-state index in [2.05, 4.69) is 32.2 Å². The van der Waals surface area contributed by atoms with Crippen LogP contribution in [-0.2, 0) is 11.4 Å². The molecule has 1 aliphatic heterocycles. The maximum atomic E-state index is 12.8. The second kappa shape index (κ2) is 7.71. The number of allylic oxidation sites excluding steroid dienone is 1. The van der Waals surface area contributed by atoms with Gasteiger partial charge in [0.25, 0.3) is 0 Å². The van der Waals surface area contributed by atoms with Crippen molar-refractivity contribution in [2.75, 3.05) is 7.05 Å². The zero-order valence-corrected chi connectivity index (χ0v) is 16.9. The Labute approximate surface area is 168 Å². The summed E-state index contributed by atoms with van der Waals surface area (Å²) in [6, 6.07) is 16.1. The fourth-order valence-electron chi connectivity index (χ4n) is 3.31. The van der Waals surface area contributed by atoms with Crippen molar-refractivity contribution in [3.05, 3.63) is 72.3 Å². The summed E-state index contributed by atoms with van der Waals surface area (Å²) < 4.78 is 15.9. The minimum Gasteiger partial charge on any atom is -0.588 e. The van der Waals surface area contributed by atoms with E-state index in [0.717, 1.165) is 38.8 Å². The second-order valence-corrected chi connectivity index (χ2v) is 8.04. The minimum atomic E-state index is -1.31. The lowest BCUT2D eigenvalue weighted by molar-refractivity contribution is 0.315. The highest BCUT2D eigenvalue weighted by atomic mass is 32.2. The molecule has 0 saturated carbocycles. The molecule has 6 nitrogen and oxygen atoms in total. The van der Waals surface area contributed by atoms with Gasteiger partial charge in [0, 0.05) is 25.0 Å². The van der Waals surface area contributed by atoms with E-state index in [4.69, 9.17) is 0 Å². The molecule has 0 saturated heterocycles. The summed E-state index contributed by atoms with van der Waals surface area (Å²) in [5.41, 5.74) is 8.47. The lowest BCUT2D eigenvalue weighted by Gasteiger charge is -2.15. The molecule has 144 valence electrons. The Kier molecular flexibility index (Phi) is 5.13. The van der Waals surface area contributed by atoms with Gasteiger partial charge in [-0.15, -0.1) is 0 Å². The van der Waals surface area contributed by atoms with Gasteiger partial charge >= 0.3 is 0 Å². The molecule has 1 aliphatic rings. The fraction of sp³-hybridized carbons (Fsp3) is 0.190. The van der Waals surface area contributed by atoms with Gasteiger partial charge in [-0.3, -0.25) is 0 Å². The van der Waals surface area contributed by atoms with Crippen LogP contribution in [0.3, 0.4) is 0 Å². The molecule has 0 bridgehead atoms. The van der Waals surface area contributed by atoms with Gasteiger partial charge in [-0.25, -0.2) is 15.1 Å². The summed E-state index contributed by atoms with van der Waals surface area (Å²) in [6.45, 7) is 4.05. The average Bonchev–Trinajstić information content (AvgIpc) is 3.33. The highest BCUT2D eigenvalue weighted by molar-refractivity contribution is 7.89. The monoisotopic (exact) mass is 393 g/mol. The van der Waals surface area contributed by atoms with Crippen LogP contribution in [0.15, 0.2) is 77.2 Å². The van der Waals surface area contributed by atoms with Crippen LogP contribution in [0.25, 0.3) is 22.5 Å². The van der Waals surface area contributed by atoms with Crippen LogP contribution in [0.1, 0.15) is 13.8 Å². The van der Waals surface area contributed by atoms with Crippen LogP contribution in [-0.4, -0.2) is 32.6 Å². The van der Waals surface area contributed by atoms with E-state index in [1.165, 1.54) is 0 Å². The Hall–Kier alpha value is -2.74. The SMILES string of the molecule is CC1=C(N[S+]([O-])c2ccc(-c3cccc(-c4ncc[nH]4)c3)cc2)C(C)NN1C. The van der Waals surface area contributed by atoms with Gasteiger partial charge in [-0.05, 0) is 55.3 Å². The zero-order valence-electron chi connectivity index (χ0n) is 16.1. The van der Waals surface area contributed by atoms with Crippen molar-refractivity contribution in [3.8, 4) is 22.5 Å². The number of H-pyrrole nitrogens is 1. The molecular weight excluding hydrogens is 370 g/mol. The quantitative estimate of drug-likeness (QED) is 0.579. The Morgan fingerprint density at radius 2 is 1.86 bits per heavy atom. The first-order chi connectivity index (χ1) is 13.5. The second-order valence-electron chi connectivity index (χ2n) is 6.82. The Bertz CT molecular complexity index is 984. The summed E-state index contributed by atoms with van der Waals surface area (Å²) in [5, 5.41) is 1.94. The van der Waals surface area contributed by atoms with Crippen molar-refractivity contribution in [1.29, 1.82) is 0 Å². The molecule has 4 rings (SSSR count). The maximum absolute atomic E-state index is 12.8. The number of hydrazine groups is 1. The highest BCUT2D eigenvalue weighted by Gasteiger charge is 2.27. The molecule has 2 atom stereocenters. The molecule has 3 aromatic rings. The van der Waals surface area contributed by atoms with Crippen molar-refractivity contribution in [2.24, 2.45) is 0 Å². The lowest BCUT2D eigenvalue weighted by Crippen LogP contribution is -2.35. The van der Waals surface area contributed by atoms with Crippen LogP contribution >= 0.6 is 0 Å². The predicted octanol–water partition coefficient (Wildman–Crippen LogP) is 3.43. The number of aromatic amines is 1. The lowest BCUT2D eigenvalue weighted by atomic mass is 10.0. The molecule has 2 aromatic carbocycles. The van der Waals surface area contributed by atoms with E-state index in [1.54, 1.807) is 6.20 Å². The van der Waals surface area contributed by atoms with Crippen molar-refractivity contribution >= 4 is 11.4 Å². The van der Waals surface area contributed by atoms with Gasteiger partial charge in [0.15, 0.2) is 4.90 Å². The smallest absolute Gasteiger partial charge is 0.179 e. The van der Waals surface area contributed by atoms with Crippen LogP contribution in [0, 0.1) is 0 Å². The molecule has 0 aliphatic carbocycles. The number of hydrogen-bond acceptors (Lipinski definition) is 5. The van der Waals surface area contributed by atoms with Crippen LogP contribution < -0.4 is 10.1 Å².